The quantitative estimate of drug-likeness (QED) is 0.0211. The number of rotatable bonds is 75. The van der Waals surface area contributed by atoms with Crippen LogP contribution >= 0.6 is 7.82 Å². The number of carbonyl (C=O) groups is 2. The Balaban J connectivity index is 3.91. The number of carbonyl (C=O) groups excluding carboxylic acids is 2. The highest BCUT2D eigenvalue weighted by atomic mass is 31.2. The first-order chi connectivity index (χ1) is 45.0. The molecule has 9 nitrogen and oxygen atoms in total. The van der Waals surface area contributed by atoms with Crippen LogP contribution in [0.15, 0.2) is 60.8 Å². The monoisotopic (exact) mass is 1310 g/mol. The molecule has 0 aromatic carbocycles. The van der Waals surface area contributed by atoms with Gasteiger partial charge in [0, 0.05) is 12.8 Å². The number of unbranched alkanes of at least 4 members (excludes halogenated alkanes) is 51. The van der Waals surface area contributed by atoms with Crippen molar-refractivity contribution in [1.82, 2.24) is 0 Å². The van der Waals surface area contributed by atoms with Crippen LogP contribution in [0.4, 0.5) is 0 Å². The molecule has 2 atom stereocenters. The van der Waals surface area contributed by atoms with E-state index in [-0.39, 0.29) is 25.6 Å². The topological polar surface area (TPSA) is 108 Å². The molecule has 0 radical (unpaired) electrons. The van der Waals surface area contributed by atoms with E-state index in [9.17, 15) is 19.0 Å². The Bertz CT molecular complexity index is 1740. The van der Waals surface area contributed by atoms with E-state index in [1.807, 2.05) is 21.1 Å². The van der Waals surface area contributed by atoms with E-state index in [0.717, 1.165) is 57.8 Å². The second kappa shape index (κ2) is 73.0. The highest BCUT2D eigenvalue weighted by Crippen LogP contribution is 2.43. The summed E-state index contributed by atoms with van der Waals surface area (Å²) in [4.78, 5) is 36.0. The number of hydrogen-bond acceptors (Lipinski definition) is 7. The highest BCUT2D eigenvalue weighted by Gasteiger charge is 2.27. The molecule has 0 aliphatic carbocycles. The van der Waals surface area contributed by atoms with Crippen molar-refractivity contribution in [3.8, 4) is 0 Å². The van der Waals surface area contributed by atoms with Gasteiger partial charge in [-0.15, -0.1) is 0 Å². The van der Waals surface area contributed by atoms with Gasteiger partial charge >= 0.3 is 19.8 Å². The molecule has 0 spiro atoms. The summed E-state index contributed by atoms with van der Waals surface area (Å²) < 4.78 is 34.8. The standard InChI is InChI=1S/C82H154NO8P/c1-6-8-10-12-14-16-18-20-22-24-26-28-30-32-34-36-38-40-41-43-44-46-48-50-52-54-56-58-60-62-64-66-68-70-72-74-81(84)88-78-80(79-90-92(86,87)89-77-76-83(3,4)5)91-82(85)75-73-71-69-67-65-63-61-59-57-55-53-51-49-47-45-42-39-37-35-33-31-29-27-25-23-21-19-17-15-13-11-9-7-2/h9,11,15,17,21,23-24,26-27,29,80H,6-8,10,12-14,16,18-20,22,25,28,30-79H2,1-5H3/p+1/b11-9-,17-15-,23-21-,26-24-,29-27-. The van der Waals surface area contributed by atoms with Gasteiger partial charge in [0.1, 0.15) is 19.8 Å². The number of allylic oxidation sites excluding steroid dienone is 10. The van der Waals surface area contributed by atoms with E-state index in [4.69, 9.17) is 18.5 Å². The number of esters is 2. The number of ether oxygens (including phenoxy) is 2. The summed E-state index contributed by atoms with van der Waals surface area (Å²) in [7, 11) is 1.50. The summed E-state index contributed by atoms with van der Waals surface area (Å²) >= 11 is 0. The molecule has 0 heterocycles. The summed E-state index contributed by atoms with van der Waals surface area (Å²) in [6.07, 6.45) is 98.0. The van der Waals surface area contributed by atoms with Gasteiger partial charge in [0.05, 0.1) is 27.7 Å². The average Bonchev–Trinajstić information content (AvgIpc) is 2.23. The maximum atomic E-state index is 12.9. The van der Waals surface area contributed by atoms with Crippen molar-refractivity contribution < 1.29 is 42.1 Å². The minimum atomic E-state index is -4.39. The van der Waals surface area contributed by atoms with Crippen LogP contribution in [0.25, 0.3) is 0 Å². The Labute approximate surface area is 572 Å². The fourth-order valence-corrected chi connectivity index (χ4v) is 12.7. The predicted molar refractivity (Wildman–Crippen MR) is 400 cm³/mol. The number of likely N-dealkylation sites (N-methyl/N-ethyl adjacent to an activating group) is 1. The molecule has 0 aliphatic rings. The molecule has 10 heteroatoms. The molecule has 2 unspecified atom stereocenters. The summed E-state index contributed by atoms with van der Waals surface area (Å²) in [5.41, 5.74) is 0. The summed E-state index contributed by atoms with van der Waals surface area (Å²) in [5, 5.41) is 0. The Hall–Kier alpha value is -2.29. The lowest BCUT2D eigenvalue weighted by molar-refractivity contribution is -0.870. The zero-order chi connectivity index (χ0) is 66.9. The van der Waals surface area contributed by atoms with Crippen LogP contribution in [-0.4, -0.2) is 74.9 Å². The van der Waals surface area contributed by atoms with Crippen LogP contribution in [-0.2, 0) is 32.7 Å². The molecular weight excluding hydrogens is 1160 g/mol. The minimum absolute atomic E-state index is 0.0339. The zero-order valence-electron chi connectivity index (χ0n) is 61.8. The zero-order valence-corrected chi connectivity index (χ0v) is 62.7. The fourth-order valence-electron chi connectivity index (χ4n) is 12.0. The Morgan fingerprint density at radius 2 is 0.620 bits per heavy atom. The molecule has 1 N–H and O–H groups in total. The van der Waals surface area contributed by atoms with Crippen LogP contribution < -0.4 is 0 Å². The number of quaternary nitrogens is 1. The second-order valence-corrected chi connectivity index (χ2v) is 29.9. The Kier molecular flexibility index (Phi) is 71.2. The van der Waals surface area contributed by atoms with Crippen LogP contribution in [0.5, 0.6) is 0 Å². The second-order valence-electron chi connectivity index (χ2n) is 28.4. The van der Waals surface area contributed by atoms with Crippen molar-refractivity contribution in [2.45, 2.75) is 405 Å². The lowest BCUT2D eigenvalue weighted by atomic mass is 10.0. The first-order valence-corrected chi connectivity index (χ1v) is 41.5. The third-order valence-corrected chi connectivity index (χ3v) is 19.0. The average molecular weight is 1310 g/mol. The summed E-state index contributed by atoms with van der Waals surface area (Å²) in [6, 6.07) is 0. The van der Waals surface area contributed by atoms with Crippen LogP contribution in [0, 0.1) is 0 Å². The number of hydrogen-bond donors (Lipinski definition) is 1. The van der Waals surface area contributed by atoms with E-state index in [0.29, 0.717) is 23.9 Å². The molecule has 0 saturated carbocycles. The lowest BCUT2D eigenvalue weighted by Gasteiger charge is -2.24. The van der Waals surface area contributed by atoms with Crippen molar-refractivity contribution in [2.24, 2.45) is 0 Å². The normalized spacial score (nSPS) is 13.3. The van der Waals surface area contributed by atoms with Crippen molar-refractivity contribution in [1.29, 1.82) is 0 Å². The molecule has 0 rings (SSSR count). The van der Waals surface area contributed by atoms with Crippen molar-refractivity contribution in [2.75, 3.05) is 47.5 Å². The maximum absolute atomic E-state index is 12.9. The molecule has 0 bridgehead atoms. The molecule has 0 fully saturated rings. The van der Waals surface area contributed by atoms with Gasteiger partial charge < -0.3 is 18.9 Å². The Morgan fingerprint density at radius 1 is 0.348 bits per heavy atom. The largest absolute Gasteiger partial charge is 0.472 e. The fraction of sp³-hybridized carbons (Fsp3) is 0.854. The van der Waals surface area contributed by atoms with E-state index in [1.54, 1.807) is 0 Å². The van der Waals surface area contributed by atoms with Gasteiger partial charge in [0.2, 0.25) is 0 Å². The van der Waals surface area contributed by atoms with Gasteiger partial charge in [-0.05, 0) is 77.0 Å². The SMILES string of the molecule is CC/C=C\C/C=C\C/C=C\C/C=C\CCCCCCCCCCCCCCCCCCCCCCC(=O)OC(COC(=O)CCCCCCCCCCCCCCCCCCCCCCCCC/C=C\CCCCCCCCCC)COP(=O)(O)OCC[N+](C)(C)C. The third kappa shape index (κ3) is 76.7. The van der Waals surface area contributed by atoms with Gasteiger partial charge in [-0.3, -0.25) is 18.6 Å². The molecule has 0 amide bonds. The van der Waals surface area contributed by atoms with Crippen LogP contribution in [0.2, 0.25) is 0 Å². The number of phosphoric acid groups is 1. The van der Waals surface area contributed by atoms with E-state index in [1.165, 1.54) is 308 Å². The van der Waals surface area contributed by atoms with E-state index < -0.39 is 26.5 Å². The number of nitrogens with zero attached hydrogens (tertiary/aromatic N) is 1. The van der Waals surface area contributed by atoms with Gasteiger partial charge in [0.25, 0.3) is 0 Å². The predicted octanol–water partition coefficient (Wildman–Crippen LogP) is 26.5. The van der Waals surface area contributed by atoms with Crippen molar-refractivity contribution in [3.63, 3.8) is 0 Å². The van der Waals surface area contributed by atoms with Gasteiger partial charge in [-0.25, -0.2) is 4.57 Å². The van der Waals surface area contributed by atoms with E-state index in [2.05, 4.69) is 74.6 Å². The van der Waals surface area contributed by atoms with Gasteiger partial charge in [0.15, 0.2) is 6.10 Å². The first-order valence-electron chi connectivity index (χ1n) is 40.0. The van der Waals surface area contributed by atoms with E-state index >= 15 is 0 Å². The van der Waals surface area contributed by atoms with Crippen molar-refractivity contribution >= 4 is 19.8 Å². The van der Waals surface area contributed by atoms with Crippen LogP contribution in [0.1, 0.15) is 399 Å². The number of phosphoric ester groups is 1. The van der Waals surface area contributed by atoms with Crippen molar-refractivity contribution in [3.05, 3.63) is 60.8 Å². The van der Waals surface area contributed by atoms with Gasteiger partial charge in [-0.1, -0.05) is 370 Å². The molecule has 0 aromatic rings. The molecule has 0 saturated heterocycles. The summed E-state index contributed by atoms with van der Waals surface area (Å²) in [6.45, 7) is 4.39. The molecule has 540 valence electrons. The lowest BCUT2D eigenvalue weighted by Crippen LogP contribution is -2.37. The molecule has 92 heavy (non-hydrogen) atoms. The molecular formula is C82H155NO8P+. The minimum Gasteiger partial charge on any atom is -0.462 e. The summed E-state index contributed by atoms with van der Waals surface area (Å²) in [5.74, 6) is -0.774. The smallest absolute Gasteiger partial charge is 0.462 e. The van der Waals surface area contributed by atoms with Gasteiger partial charge in [-0.2, -0.15) is 0 Å². The van der Waals surface area contributed by atoms with Crippen LogP contribution in [0.3, 0.4) is 0 Å². The first kappa shape index (κ1) is 89.7. The molecule has 0 aliphatic heterocycles. The Morgan fingerprint density at radius 3 is 0.935 bits per heavy atom. The maximum Gasteiger partial charge on any atom is 0.472 e. The third-order valence-electron chi connectivity index (χ3n) is 18.0. The molecule has 0 aromatic heterocycles. The highest BCUT2D eigenvalue weighted by molar-refractivity contribution is 7.47.